The van der Waals surface area contributed by atoms with E-state index in [1.807, 2.05) is 26.0 Å². The molecule has 0 radical (unpaired) electrons. The van der Waals surface area contributed by atoms with Crippen LogP contribution in [0.3, 0.4) is 0 Å². The summed E-state index contributed by atoms with van der Waals surface area (Å²) in [6.07, 6.45) is -0.713. The molecule has 28 heavy (non-hydrogen) atoms. The summed E-state index contributed by atoms with van der Waals surface area (Å²) in [7, 11) is 0. The van der Waals surface area contributed by atoms with E-state index in [2.05, 4.69) is 21.6 Å². The van der Waals surface area contributed by atoms with E-state index in [4.69, 9.17) is 4.74 Å². The van der Waals surface area contributed by atoms with Gasteiger partial charge in [-0.3, -0.25) is 4.79 Å². The van der Waals surface area contributed by atoms with Gasteiger partial charge in [0.2, 0.25) is 5.16 Å². The van der Waals surface area contributed by atoms with Crippen LogP contribution in [-0.4, -0.2) is 49.6 Å². The van der Waals surface area contributed by atoms with Crippen molar-refractivity contribution in [2.75, 3.05) is 12.4 Å². The molecule has 1 N–H and O–H groups in total. The van der Waals surface area contributed by atoms with Crippen LogP contribution in [0.15, 0.2) is 47.6 Å². The molecule has 1 aromatic heterocycles. The second kappa shape index (κ2) is 8.99. The maximum absolute atomic E-state index is 11.4. The first-order valence-electron chi connectivity index (χ1n) is 8.84. The summed E-state index contributed by atoms with van der Waals surface area (Å²) >= 11 is 1.36. The van der Waals surface area contributed by atoms with E-state index in [0.717, 1.165) is 11.3 Å². The fraction of sp³-hybridized carbons (Fsp3) is 0.300. The molecule has 0 aliphatic carbocycles. The van der Waals surface area contributed by atoms with Crippen LogP contribution in [0.1, 0.15) is 28.4 Å². The third-order valence-electron chi connectivity index (χ3n) is 4.11. The van der Waals surface area contributed by atoms with Crippen molar-refractivity contribution in [1.29, 1.82) is 0 Å². The molecule has 0 fully saturated rings. The Morgan fingerprint density at radius 2 is 2.07 bits per heavy atom. The monoisotopic (exact) mass is 398 g/mol. The lowest BCUT2D eigenvalue weighted by Gasteiger charge is -2.13. The van der Waals surface area contributed by atoms with Crippen molar-refractivity contribution in [2.45, 2.75) is 32.0 Å². The van der Waals surface area contributed by atoms with E-state index in [1.54, 1.807) is 28.9 Å². The van der Waals surface area contributed by atoms with Crippen LogP contribution in [0.4, 0.5) is 0 Å². The van der Waals surface area contributed by atoms with Crippen molar-refractivity contribution in [2.24, 2.45) is 0 Å². The first-order valence-corrected chi connectivity index (χ1v) is 9.83. The van der Waals surface area contributed by atoms with Crippen LogP contribution < -0.4 is 4.74 Å². The van der Waals surface area contributed by atoms with Crippen molar-refractivity contribution in [3.8, 4) is 11.4 Å². The summed E-state index contributed by atoms with van der Waals surface area (Å²) < 4.78 is 7.27. The molecule has 146 valence electrons. The lowest BCUT2D eigenvalue weighted by Crippen LogP contribution is -2.20. The maximum Gasteiger partial charge on any atom is 0.214 e. The van der Waals surface area contributed by atoms with Gasteiger partial charge in [0, 0.05) is 11.3 Å². The summed E-state index contributed by atoms with van der Waals surface area (Å²) in [5.74, 6) is 0.897. The first kappa shape index (κ1) is 20.0. The molecule has 0 aliphatic rings. The van der Waals surface area contributed by atoms with Crippen molar-refractivity contribution in [3.63, 3.8) is 0 Å². The number of nitrogens with zero attached hydrogens (tertiary/aromatic N) is 4. The third kappa shape index (κ3) is 4.96. The molecule has 0 saturated heterocycles. The lowest BCUT2D eigenvalue weighted by atomic mass is 10.1. The Balaban J connectivity index is 1.58. The highest BCUT2D eigenvalue weighted by atomic mass is 32.2. The smallest absolute Gasteiger partial charge is 0.214 e. The largest absolute Gasteiger partial charge is 0.491 e. The van der Waals surface area contributed by atoms with E-state index < -0.39 is 6.10 Å². The van der Waals surface area contributed by atoms with Crippen LogP contribution in [0.2, 0.25) is 0 Å². The number of carbonyl (C=O) groups is 1. The van der Waals surface area contributed by atoms with E-state index >= 15 is 0 Å². The Kier molecular flexibility index (Phi) is 6.43. The highest BCUT2D eigenvalue weighted by molar-refractivity contribution is 7.99. The van der Waals surface area contributed by atoms with E-state index in [9.17, 15) is 9.90 Å². The highest BCUT2D eigenvalue weighted by Crippen LogP contribution is 2.22. The second-order valence-electron chi connectivity index (χ2n) is 6.52. The lowest BCUT2D eigenvalue weighted by molar-refractivity contribution is 0.101. The number of carbonyl (C=O) groups excluding carboxylic acids is 1. The fourth-order valence-electron chi connectivity index (χ4n) is 2.68. The first-order chi connectivity index (χ1) is 13.4. The SMILES string of the molecule is CC(=O)c1cccc(OC[C@@H](O)CSc2nnnn2-c2ccc(C)cc2C)c1. The number of ether oxygens (including phenoxy) is 1. The predicted octanol–water partition coefficient (Wildman–Crippen LogP) is 3.01. The minimum Gasteiger partial charge on any atom is -0.491 e. The van der Waals surface area contributed by atoms with Crippen LogP contribution in [-0.2, 0) is 0 Å². The van der Waals surface area contributed by atoms with Crippen LogP contribution >= 0.6 is 11.8 Å². The number of Topliss-reactive ketones (excluding diaryl/α,β-unsaturated/α-hetero) is 1. The topological polar surface area (TPSA) is 90.1 Å². The zero-order valence-electron chi connectivity index (χ0n) is 16.0. The van der Waals surface area contributed by atoms with Crippen molar-refractivity contribution in [1.82, 2.24) is 20.2 Å². The average Bonchev–Trinajstić information content (AvgIpc) is 3.13. The number of aryl methyl sites for hydroxylation is 2. The number of rotatable bonds is 8. The number of aliphatic hydroxyl groups is 1. The van der Waals surface area contributed by atoms with Gasteiger partial charge in [-0.1, -0.05) is 41.6 Å². The number of aromatic nitrogens is 4. The molecule has 3 rings (SSSR count). The van der Waals surface area contributed by atoms with Gasteiger partial charge in [0.15, 0.2) is 5.78 Å². The van der Waals surface area contributed by atoms with Gasteiger partial charge in [-0.2, -0.15) is 4.68 Å². The molecular formula is C20H22N4O3S. The summed E-state index contributed by atoms with van der Waals surface area (Å²) in [4.78, 5) is 11.4. The number of ketones is 1. The Hall–Kier alpha value is -2.71. The number of hydrogen-bond acceptors (Lipinski definition) is 7. The van der Waals surface area contributed by atoms with Crippen molar-refractivity contribution < 1.29 is 14.6 Å². The number of thioether (sulfide) groups is 1. The Morgan fingerprint density at radius 3 is 2.82 bits per heavy atom. The number of benzene rings is 2. The molecule has 1 atom stereocenters. The summed E-state index contributed by atoms with van der Waals surface area (Å²) in [6.45, 7) is 5.66. The predicted molar refractivity (Wildman–Crippen MR) is 107 cm³/mol. The highest BCUT2D eigenvalue weighted by Gasteiger charge is 2.14. The minimum absolute atomic E-state index is 0.0280. The van der Waals surface area contributed by atoms with E-state index in [-0.39, 0.29) is 12.4 Å². The third-order valence-corrected chi connectivity index (χ3v) is 5.17. The van der Waals surface area contributed by atoms with Crippen LogP contribution in [0.25, 0.3) is 5.69 Å². The quantitative estimate of drug-likeness (QED) is 0.461. The van der Waals surface area contributed by atoms with Crippen molar-refractivity contribution >= 4 is 17.5 Å². The summed E-state index contributed by atoms with van der Waals surface area (Å²) in [6, 6.07) is 13.0. The Bertz CT molecular complexity index is 974. The molecule has 0 amide bonds. The normalized spacial score (nSPS) is 12.0. The van der Waals surface area contributed by atoms with E-state index in [0.29, 0.717) is 22.2 Å². The molecule has 0 bridgehead atoms. The zero-order valence-corrected chi connectivity index (χ0v) is 16.8. The fourth-order valence-corrected chi connectivity index (χ4v) is 3.47. The van der Waals surface area contributed by atoms with Crippen LogP contribution in [0, 0.1) is 13.8 Å². The molecule has 2 aromatic carbocycles. The average molecular weight is 398 g/mol. The minimum atomic E-state index is -0.713. The molecule has 0 unspecified atom stereocenters. The molecule has 1 heterocycles. The van der Waals surface area contributed by atoms with Gasteiger partial charge in [0.1, 0.15) is 12.4 Å². The molecule has 8 heteroatoms. The summed E-state index contributed by atoms with van der Waals surface area (Å²) in [5.41, 5.74) is 3.73. The number of tetrazole rings is 1. The van der Waals surface area contributed by atoms with Gasteiger partial charge in [0.05, 0.1) is 11.8 Å². The van der Waals surface area contributed by atoms with Gasteiger partial charge in [0.25, 0.3) is 0 Å². The molecular weight excluding hydrogens is 376 g/mol. The standard InChI is InChI=1S/C20H22N4O3S/c1-13-7-8-19(14(2)9-13)24-20(21-22-23-24)28-12-17(26)11-27-18-6-4-5-16(10-18)15(3)25/h4-10,17,26H,11-12H2,1-3H3/t17-/m1/s1. The molecule has 3 aromatic rings. The molecule has 7 nitrogen and oxygen atoms in total. The van der Waals surface area contributed by atoms with Gasteiger partial charge in [-0.25, -0.2) is 0 Å². The maximum atomic E-state index is 11.4. The summed E-state index contributed by atoms with van der Waals surface area (Å²) in [5, 5.41) is 22.7. The molecule has 0 spiro atoms. The van der Waals surface area contributed by atoms with Gasteiger partial charge < -0.3 is 9.84 Å². The second-order valence-corrected chi connectivity index (χ2v) is 7.51. The molecule has 0 aliphatic heterocycles. The number of aliphatic hydroxyl groups excluding tert-OH is 1. The molecule has 0 saturated carbocycles. The van der Waals surface area contributed by atoms with Gasteiger partial charge in [-0.15, -0.1) is 5.10 Å². The van der Waals surface area contributed by atoms with Gasteiger partial charge in [-0.05, 0) is 55.0 Å². The van der Waals surface area contributed by atoms with Crippen molar-refractivity contribution in [3.05, 3.63) is 59.2 Å². The van der Waals surface area contributed by atoms with Crippen LogP contribution in [0.5, 0.6) is 5.75 Å². The number of hydrogen-bond donors (Lipinski definition) is 1. The van der Waals surface area contributed by atoms with Gasteiger partial charge >= 0.3 is 0 Å². The van der Waals surface area contributed by atoms with E-state index in [1.165, 1.54) is 24.2 Å². The Morgan fingerprint density at radius 1 is 1.25 bits per heavy atom. The Labute approximate surface area is 167 Å². The zero-order chi connectivity index (χ0) is 20.1.